The molecule has 0 spiro atoms. The van der Waals surface area contributed by atoms with Gasteiger partial charge in [-0.25, -0.2) is 0 Å². The van der Waals surface area contributed by atoms with Gasteiger partial charge >= 0.3 is 0 Å². The number of aryl methyl sites for hydroxylation is 1. The standard InChI is InChI=1S/C19H19N3O3S/c1-13-3-4-14(11-16(13)25-2)18(23)21-6-8-22(9-7-21)19(24)17-15(12-20)5-10-26-17/h3-5,10-11H,6-9H2,1-2H3. The molecular formula is C19H19N3O3S. The van der Waals surface area contributed by atoms with E-state index in [2.05, 4.69) is 0 Å². The predicted octanol–water partition coefficient (Wildman–Crippen LogP) is 2.54. The highest BCUT2D eigenvalue weighted by Crippen LogP contribution is 2.22. The Morgan fingerprint density at radius 3 is 2.38 bits per heavy atom. The molecule has 2 heterocycles. The van der Waals surface area contributed by atoms with Gasteiger partial charge in [0.15, 0.2) is 0 Å². The van der Waals surface area contributed by atoms with Crippen molar-refractivity contribution in [3.8, 4) is 11.8 Å². The summed E-state index contributed by atoms with van der Waals surface area (Å²) in [5, 5.41) is 10.8. The molecule has 1 aromatic heterocycles. The Bertz CT molecular complexity index is 876. The number of hydrogen-bond donors (Lipinski definition) is 0. The van der Waals surface area contributed by atoms with Crippen molar-refractivity contribution in [3.05, 3.63) is 51.2 Å². The van der Waals surface area contributed by atoms with E-state index in [1.807, 2.05) is 19.1 Å². The van der Waals surface area contributed by atoms with Crippen LogP contribution in [0.15, 0.2) is 29.6 Å². The summed E-state index contributed by atoms with van der Waals surface area (Å²) in [5.41, 5.74) is 1.96. The van der Waals surface area contributed by atoms with E-state index in [0.29, 0.717) is 47.9 Å². The van der Waals surface area contributed by atoms with Crippen LogP contribution >= 0.6 is 11.3 Å². The molecule has 1 aliphatic rings. The largest absolute Gasteiger partial charge is 0.496 e. The highest BCUT2D eigenvalue weighted by atomic mass is 32.1. The maximum atomic E-state index is 12.7. The van der Waals surface area contributed by atoms with Crippen molar-refractivity contribution in [1.82, 2.24) is 9.80 Å². The summed E-state index contributed by atoms with van der Waals surface area (Å²) in [4.78, 5) is 29.2. The van der Waals surface area contributed by atoms with Crippen LogP contribution in [-0.2, 0) is 0 Å². The van der Waals surface area contributed by atoms with Crippen LogP contribution < -0.4 is 4.74 Å². The van der Waals surface area contributed by atoms with Crippen LogP contribution in [-0.4, -0.2) is 54.9 Å². The lowest BCUT2D eigenvalue weighted by Crippen LogP contribution is -2.50. The monoisotopic (exact) mass is 369 g/mol. The van der Waals surface area contributed by atoms with Crippen molar-refractivity contribution < 1.29 is 14.3 Å². The zero-order valence-electron chi connectivity index (χ0n) is 14.7. The number of carbonyl (C=O) groups is 2. The van der Waals surface area contributed by atoms with Crippen molar-refractivity contribution in [2.45, 2.75) is 6.92 Å². The zero-order valence-corrected chi connectivity index (χ0v) is 15.5. The summed E-state index contributed by atoms with van der Waals surface area (Å²) in [6.07, 6.45) is 0. The molecule has 2 amide bonds. The highest BCUT2D eigenvalue weighted by Gasteiger charge is 2.27. The first-order chi connectivity index (χ1) is 12.5. The second kappa shape index (κ2) is 7.58. The number of piperazine rings is 1. The first-order valence-corrected chi connectivity index (χ1v) is 9.14. The van der Waals surface area contributed by atoms with Gasteiger partial charge in [-0.05, 0) is 36.1 Å². The molecular weight excluding hydrogens is 350 g/mol. The SMILES string of the molecule is COc1cc(C(=O)N2CCN(C(=O)c3sccc3C#N)CC2)ccc1C. The lowest BCUT2D eigenvalue weighted by atomic mass is 10.1. The number of amides is 2. The zero-order chi connectivity index (χ0) is 18.7. The minimum atomic E-state index is -0.138. The van der Waals surface area contributed by atoms with Gasteiger partial charge in [0, 0.05) is 31.7 Å². The Labute approximate surface area is 156 Å². The van der Waals surface area contributed by atoms with Crippen LogP contribution in [0.1, 0.15) is 31.2 Å². The highest BCUT2D eigenvalue weighted by molar-refractivity contribution is 7.12. The first kappa shape index (κ1) is 18.0. The molecule has 134 valence electrons. The fraction of sp³-hybridized carbons (Fsp3) is 0.316. The Balaban J connectivity index is 1.66. The lowest BCUT2D eigenvalue weighted by molar-refractivity contribution is 0.0538. The fourth-order valence-corrected chi connectivity index (χ4v) is 3.77. The van der Waals surface area contributed by atoms with Crippen LogP contribution in [0.3, 0.4) is 0 Å². The number of nitrogens with zero attached hydrogens (tertiary/aromatic N) is 3. The van der Waals surface area contributed by atoms with Gasteiger partial charge in [0.1, 0.15) is 16.7 Å². The number of ether oxygens (including phenoxy) is 1. The second-order valence-electron chi connectivity index (χ2n) is 6.04. The van der Waals surface area contributed by atoms with Crippen molar-refractivity contribution in [2.75, 3.05) is 33.3 Å². The van der Waals surface area contributed by atoms with Crippen molar-refractivity contribution in [1.29, 1.82) is 5.26 Å². The Kier molecular flexibility index (Phi) is 5.24. The number of thiophene rings is 1. The number of benzene rings is 1. The van der Waals surface area contributed by atoms with E-state index in [0.717, 1.165) is 5.56 Å². The van der Waals surface area contributed by atoms with Gasteiger partial charge in [0.2, 0.25) is 0 Å². The summed E-state index contributed by atoms with van der Waals surface area (Å²) in [5.74, 6) is 0.483. The van der Waals surface area contributed by atoms with Crippen molar-refractivity contribution in [2.24, 2.45) is 0 Å². The topological polar surface area (TPSA) is 73.6 Å². The second-order valence-corrected chi connectivity index (χ2v) is 6.96. The van der Waals surface area contributed by atoms with Crippen LogP contribution in [0.5, 0.6) is 5.75 Å². The van der Waals surface area contributed by atoms with Crippen LogP contribution in [0.25, 0.3) is 0 Å². The maximum absolute atomic E-state index is 12.7. The Morgan fingerprint density at radius 2 is 1.77 bits per heavy atom. The number of methoxy groups -OCH3 is 1. The third-order valence-corrected chi connectivity index (χ3v) is 5.39. The van der Waals surface area contributed by atoms with Gasteiger partial charge in [-0.1, -0.05) is 6.07 Å². The quantitative estimate of drug-likeness (QED) is 0.833. The fourth-order valence-electron chi connectivity index (χ4n) is 2.95. The van der Waals surface area contributed by atoms with Gasteiger partial charge in [0.05, 0.1) is 12.7 Å². The molecule has 6 nitrogen and oxygen atoms in total. The third kappa shape index (κ3) is 3.41. The van der Waals surface area contributed by atoms with Gasteiger partial charge in [-0.15, -0.1) is 11.3 Å². The molecule has 0 radical (unpaired) electrons. The van der Waals surface area contributed by atoms with E-state index < -0.39 is 0 Å². The summed E-state index contributed by atoms with van der Waals surface area (Å²) in [6.45, 7) is 3.77. The minimum Gasteiger partial charge on any atom is -0.496 e. The molecule has 0 bridgehead atoms. The average molecular weight is 369 g/mol. The number of carbonyl (C=O) groups excluding carboxylic acids is 2. The molecule has 0 unspecified atom stereocenters. The molecule has 0 saturated carbocycles. The van der Waals surface area contributed by atoms with Crippen molar-refractivity contribution in [3.63, 3.8) is 0 Å². The Hall–Kier alpha value is -2.85. The predicted molar refractivity (Wildman–Crippen MR) is 98.6 cm³/mol. The van der Waals surface area contributed by atoms with E-state index in [1.165, 1.54) is 11.3 Å². The number of nitriles is 1. The number of hydrogen-bond acceptors (Lipinski definition) is 5. The molecule has 0 aliphatic carbocycles. The van der Waals surface area contributed by atoms with Crippen LogP contribution in [0, 0.1) is 18.3 Å². The van der Waals surface area contributed by atoms with Gasteiger partial charge in [-0.3, -0.25) is 9.59 Å². The smallest absolute Gasteiger partial charge is 0.265 e. The van der Waals surface area contributed by atoms with E-state index in [4.69, 9.17) is 10.00 Å². The summed E-state index contributed by atoms with van der Waals surface area (Å²) < 4.78 is 5.29. The molecule has 26 heavy (non-hydrogen) atoms. The van der Waals surface area contributed by atoms with Crippen LogP contribution in [0.2, 0.25) is 0 Å². The Morgan fingerprint density at radius 1 is 1.12 bits per heavy atom. The van der Waals surface area contributed by atoms with E-state index in [1.54, 1.807) is 40.5 Å². The first-order valence-electron chi connectivity index (χ1n) is 8.26. The molecule has 7 heteroatoms. The molecule has 1 fully saturated rings. The van der Waals surface area contributed by atoms with Gasteiger partial charge in [-0.2, -0.15) is 5.26 Å². The summed E-state index contributed by atoms with van der Waals surface area (Å²) >= 11 is 1.28. The third-order valence-electron chi connectivity index (χ3n) is 4.49. The maximum Gasteiger partial charge on any atom is 0.265 e. The van der Waals surface area contributed by atoms with E-state index in [-0.39, 0.29) is 11.8 Å². The van der Waals surface area contributed by atoms with Gasteiger partial charge in [0.25, 0.3) is 11.8 Å². The minimum absolute atomic E-state index is 0.0655. The molecule has 0 N–H and O–H groups in total. The summed E-state index contributed by atoms with van der Waals surface area (Å²) in [7, 11) is 1.58. The molecule has 1 saturated heterocycles. The van der Waals surface area contributed by atoms with Crippen molar-refractivity contribution >= 4 is 23.2 Å². The van der Waals surface area contributed by atoms with Gasteiger partial charge < -0.3 is 14.5 Å². The molecule has 0 atom stereocenters. The van der Waals surface area contributed by atoms with E-state index in [9.17, 15) is 9.59 Å². The summed E-state index contributed by atoms with van der Waals surface area (Å²) in [6, 6.07) is 9.11. The number of rotatable bonds is 3. The average Bonchev–Trinajstić information content (AvgIpc) is 3.16. The van der Waals surface area contributed by atoms with Crippen LogP contribution in [0.4, 0.5) is 0 Å². The van der Waals surface area contributed by atoms with E-state index >= 15 is 0 Å². The lowest BCUT2D eigenvalue weighted by Gasteiger charge is -2.34. The molecule has 3 rings (SSSR count). The molecule has 2 aromatic rings. The molecule has 1 aliphatic heterocycles. The molecule has 1 aromatic carbocycles. The normalized spacial score (nSPS) is 14.0.